The molecule has 0 spiro atoms. The predicted octanol–water partition coefficient (Wildman–Crippen LogP) is 7.02. The summed E-state index contributed by atoms with van der Waals surface area (Å²) in [5.41, 5.74) is 0. The zero-order valence-electron chi connectivity index (χ0n) is 14.2. The van der Waals surface area contributed by atoms with E-state index < -0.39 is 0 Å². The molecule has 1 atom stereocenters. The standard InChI is InChI=1S/C19H38O/c1-4-7-9-11-12-13-14-16-18-19(20-6-3)17-15-10-8-5-2/h6,19H,3-5,7-18H2,1-2H3. The molecule has 1 nitrogen and oxygen atoms in total. The Morgan fingerprint density at radius 1 is 0.700 bits per heavy atom. The Balaban J connectivity index is 3.42. The van der Waals surface area contributed by atoms with Gasteiger partial charge in [-0.05, 0) is 25.7 Å². The first-order valence-electron chi connectivity index (χ1n) is 9.11. The van der Waals surface area contributed by atoms with Gasteiger partial charge in [-0.25, -0.2) is 0 Å². The van der Waals surface area contributed by atoms with Crippen LogP contribution in [-0.4, -0.2) is 6.10 Å². The minimum absolute atomic E-state index is 0.421. The highest BCUT2D eigenvalue weighted by molar-refractivity contribution is 4.64. The quantitative estimate of drug-likeness (QED) is 0.218. The summed E-state index contributed by atoms with van der Waals surface area (Å²) in [6, 6.07) is 0. The van der Waals surface area contributed by atoms with Crippen molar-refractivity contribution < 1.29 is 4.74 Å². The second-order valence-electron chi connectivity index (χ2n) is 6.04. The van der Waals surface area contributed by atoms with E-state index in [-0.39, 0.29) is 0 Å². The zero-order valence-corrected chi connectivity index (χ0v) is 14.2. The Hall–Kier alpha value is -0.460. The molecule has 0 aliphatic rings. The van der Waals surface area contributed by atoms with Crippen LogP contribution in [0.4, 0.5) is 0 Å². The molecule has 0 fully saturated rings. The normalized spacial score (nSPS) is 12.3. The molecule has 20 heavy (non-hydrogen) atoms. The summed E-state index contributed by atoms with van der Waals surface area (Å²) >= 11 is 0. The maximum atomic E-state index is 5.65. The second-order valence-corrected chi connectivity index (χ2v) is 6.04. The zero-order chi connectivity index (χ0) is 14.9. The van der Waals surface area contributed by atoms with Crippen LogP contribution in [0.15, 0.2) is 12.8 Å². The van der Waals surface area contributed by atoms with Crippen molar-refractivity contribution in [2.45, 2.75) is 110 Å². The van der Waals surface area contributed by atoms with Gasteiger partial charge in [0, 0.05) is 0 Å². The van der Waals surface area contributed by atoms with Crippen LogP contribution in [0.2, 0.25) is 0 Å². The predicted molar refractivity (Wildman–Crippen MR) is 91.1 cm³/mol. The molecule has 0 aromatic carbocycles. The summed E-state index contributed by atoms with van der Waals surface area (Å²) in [5, 5.41) is 0. The van der Waals surface area contributed by atoms with Crippen LogP contribution in [0.3, 0.4) is 0 Å². The van der Waals surface area contributed by atoms with E-state index in [1.54, 1.807) is 6.26 Å². The fraction of sp³-hybridized carbons (Fsp3) is 0.895. The highest BCUT2D eigenvalue weighted by Crippen LogP contribution is 2.16. The molecule has 0 aromatic heterocycles. The summed E-state index contributed by atoms with van der Waals surface area (Å²) < 4.78 is 5.65. The van der Waals surface area contributed by atoms with Crippen LogP contribution in [0.1, 0.15) is 104 Å². The van der Waals surface area contributed by atoms with Gasteiger partial charge in [0.2, 0.25) is 0 Å². The Morgan fingerprint density at radius 2 is 1.10 bits per heavy atom. The molecule has 0 heterocycles. The highest BCUT2D eigenvalue weighted by Gasteiger charge is 2.07. The molecule has 0 aliphatic heterocycles. The third-order valence-electron chi connectivity index (χ3n) is 4.05. The minimum Gasteiger partial charge on any atom is -0.499 e. The summed E-state index contributed by atoms with van der Waals surface area (Å²) in [7, 11) is 0. The molecule has 120 valence electrons. The maximum absolute atomic E-state index is 5.65. The molecule has 0 rings (SSSR count). The molecule has 0 radical (unpaired) electrons. The van der Waals surface area contributed by atoms with Crippen molar-refractivity contribution in [3.8, 4) is 0 Å². The SMILES string of the molecule is C=COC(CCCCCC)CCCCCCCCCC. The molecule has 0 saturated heterocycles. The fourth-order valence-electron chi connectivity index (χ4n) is 2.72. The van der Waals surface area contributed by atoms with Crippen LogP contribution in [-0.2, 0) is 4.74 Å². The van der Waals surface area contributed by atoms with E-state index in [0.29, 0.717) is 6.10 Å². The fourth-order valence-corrected chi connectivity index (χ4v) is 2.72. The summed E-state index contributed by atoms with van der Waals surface area (Å²) in [5.74, 6) is 0. The van der Waals surface area contributed by atoms with Gasteiger partial charge in [0.25, 0.3) is 0 Å². The van der Waals surface area contributed by atoms with Crippen LogP contribution >= 0.6 is 0 Å². The first kappa shape index (κ1) is 19.5. The molecular weight excluding hydrogens is 244 g/mol. The summed E-state index contributed by atoms with van der Waals surface area (Å²) in [6.07, 6.45) is 20.9. The van der Waals surface area contributed by atoms with E-state index in [4.69, 9.17) is 4.74 Å². The van der Waals surface area contributed by atoms with E-state index in [1.807, 2.05) is 0 Å². The first-order chi connectivity index (χ1) is 9.85. The lowest BCUT2D eigenvalue weighted by Gasteiger charge is -2.16. The number of unbranched alkanes of at least 4 members (excludes halogenated alkanes) is 10. The van der Waals surface area contributed by atoms with Gasteiger partial charge < -0.3 is 4.74 Å². The van der Waals surface area contributed by atoms with Gasteiger partial charge in [-0.1, -0.05) is 84.6 Å². The number of rotatable bonds is 16. The lowest BCUT2D eigenvalue weighted by atomic mass is 10.0. The molecule has 1 heteroatoms. The van der Waals surface area contributed by atoms with Gasteiger partial charge in [0.05, 0.1) is 12.4 Å². The van der Waals surface area contributed by atoms with Gasteiger partial charge in [-0.15, -0.1) is 0 Å². The van der Waals surface area contributed by atoms with Crippen molar-refractivity contribution in [1.29, 1.82) is 0 Å². The highest BCUT2D eigenvalue weighted by atomic mass is 16.5. The van der Waals surface area contributed by atoms with Crippen LogP contribution in [0.5, 0.6) is 0 Å². The average molecular weight is 283 g/mol. The third kappa shape index (κ3) is 14.0. The molecule has 0 aliphatic carbocycles. The lowest BCUT2D eigenvalue weighted by molar-refractivity contribution is 0.121. The van der Waals surface area contributed by atoms with Crippen LogP contribution in [0, 0.1) is 0 Å². The lowest BCUT2D eigenvalue weighted by Crippen LogP contribution is -2.09. The monoisotopic (exact) mass is 282 g/mol. The molecule has 1 unspecified atom stereocenters. The summed E-state index contributed by atoms with van der Waals surface area (Å²) in [6.45, 7) is 8.25. The Kier molecular flexibility index (Phi) is 16.2. The van der Waals surface area contributed by atoms with Crippen LogP contribution in [0.25, 0.3) is 0 Å². The van der Waals surface area contributed by atoms with E-state index in [1.165, 1.54) is 89.9 Å². The van der Waals surface area contributed by atoms with Gasteiger partial charge in [-0.2, -0.15) is 0 Å². The molecule has 0 saturated carbocycles. The smallest absolute Gasteiger partial charge is 0.0978 e. The Labute approximate surface area is 128 Å². The van der Waals surface area contributed by atoms with Crippen molar-refractivity contribution >= 4 is 0 Å². The van der Waals surface area contributed by atoms with Gasteiger partial charge in [-0.3, -0.25) is 0 Å². The first-order valence-corrected chi connectivity index (χ1v) is 9.11. The largest absolute Gasteiger partial charge is 0.499 e. The van der Waals surface area contributed by atoms with Crippen molar-refractivity contribution in [2.24, 2.45) is 0 Å². The van der Waals surface area contributed by atoms with Crippen molar-refractivity contribution in [3.63, 3.8) is 0 Å². The van der Waals surface area contributed by atoms with E-state index in [0.717, 1.165) is 0 Å². The average Bonchev–Trinajstić information content (AvgIpc) is 2.46. The number of hydrogen-bond donors (Lipinski definition) is 0. The molecular formula is C19H38O. The topological polar surface area (TPSA) is 9.23 Å². The van der Waals surface area contributed by atoms with Crippen molar-refractivity contribution in [2.75, 3.05) is 0 Å². The van der Waals surface area contributed by atoms with Crippen molar-refractivity contribution in [1.82, 2.24) is 0 Å². The van der Waals surface area contributed by atoms with Gasteiger partial charge in [0.15, 0.2) is 0 Å². The number of ether oxygens (including phenoxy) is 1. The van der Waals surface area contributed by atoms with Gasteiger partial charge >= 0.3 is 0 Å². The summed E-state index contributed by atoms with van der Waals surface area (Å²) in [4.78, 5) is 0. The molecule has 0 N–H and O–H groups in total. The van der Waals surface area contributed by atoms with E-state index in [2.05, 4.69) is 20.4 Å². The van der Waals surface area contributed by atoms with Crippen molar-refractivity contribution in [3.05, 3.63) is 12.8 Å². The van der Waals surface area contributed by atoms with Crippen LogP contribution < -0.4 is 0 Å². The molecule has 0 bridgehead atoms. The number of hydrogen-bond acceptors (Lipinski definition) is 1. The molecule has 0 amide bonds. The van der Waals surface area contributed by atoms with E-state index >= 15 is 0 Å². The third-order valence-corrected chi connectivity index (χ3v) is 4.05. The Morgan fingerprint density at radius 3 is 1.55 bits per heavy atom. The minimum atomic E-state index is 0.421. The maximum Gasteiger partial charge on any atom is 0.0978 e. The second kappa shape index (κ2) is 16.6. The van der Waals surface area contributed by atoms with E-state index in [9.17, 15) is 0 Å². The van der Waals surface area contributed by atoms with Gasteiger partial charge in [0.1, 0.15) is 0 Å². The Bertz CT molecular complexity index is 188. The molecule has 0 aromatic rings.